The van der Waals surface area contributed by atoms with Crippen LogP contribution < -0.4 is 4.74 Å². The molecule has 96 valence electrons. The van der Waals surface area contributed by atoms with E-state index in [4.69, 9.17) is 21.7 Å². The number of aromatic amines is 1. The van der Waals surface area contributed by atoms with Crippen molar-refractivity contribution >= 4 is 29.2 Å². The summed E-state index contributed by atoms with van der Waals surface area (Å²) in [5.41, 5.74) is 1.69. The first kappa shape index (κ1) is 12.6. The summed E-state index contributed by atoms with van der Waals surface area (Å²) in [7, 11) is 1.60. The molecule has 0 bridgehead atoms. The van der Waals surface area contributed by atoms with E-state index in [0.29, 0.717) is 17.1 Å². The van der Waals surface area contributed by atoms with Crippen LogP contribution in [0.15, 0.2) is 18.2 Å². The van der Waals surface area contributed by atoms with Crippen molar-refractivity contribution < 1.29 is 14.3 Å². The van der Waals surface area contributed by atoms with Crippen molar-refractivity contribution in [3.63, 3.8) is 0 Å². The maximum Gasteiger partial charge on any atom is 0.326 e. The van der Waals surface area contributed by atoms with Crippen molar-refractivity contribution in [1.29, 1.82) is 0 Å². The number of rotatable bonds is 4. The lowest BCUT2D eigenvalue weighted by Gasteiger charge is -2.05. The second kappa shape index (κ2) is 5.22. The number of fused-ring (bicyclic) bond motifs is 1. The van der Waals surface area contributed by atoms with Gasteiger partial charge in [-0.1, -0.05) is 0 Å². The quantitative estimate of drug-likeness (QED) is 0.681. The minimum atomic E-state index is -0.308. The number of methoxy groups -OCH3 is 1. The summed E-state index contributed by atoms with van der Waals surface area (Å²) in [6.07, 6.45) is 0. The molecule has 6 heteroatoms. The van der Waals surface area contributed by atoms with Crippen LogP contribution in [-0.4, -0.2) is 29.2 Å². The zero-order valence-corrected chi connectivity index (χ0v) is 11.0. The van der Waals surface area contributed by atoms with E-state index in [1.165, 1.54) is 0 Å². The number of imidazole rings is 1. The van der Waals surface area contributed by atoms with Crippen LogP contribution in [0.4, 0.5) is 0 Å². The van der Waals surface area contributed by atoms with Gasteiger partial charge in [0.2, 0.25) is 0 Å². The van der Waals surface area contributed by atoms with Crippen molar-refractivity contribution in [3.8, 4) is 5.75 Å². The number of hydrogen-bond donors (Lipinski definition) is 1. The Labute approximate surface area is 109 Å². The van der Waals surface area contributed by atoms with Crippen LogP contribution in [0.5, 0.6) is 5.75 Å². The van der Waals surface area contributed by atoms with Crippen LogP contribution in [0.25, 0.3) is 11.0 Å². The number of carbonyl (C=O) groups excluding carboxylic acids is 1. The number of H-pyrrole nitrogens is 1. The van der Waals surface area contributed by atoms with E-state index in [2.05, 4.69) is 4.98 Å². The van der Waals surface area contributed by atoms with E-state index >= 15 is 0 Å². The van der Waals surface area contributed by atoms with Crippen molar-refractivity contribution in [3.05, 3.63) is 23.0 Å². The molecule has 1 aromatic heterocycles. The summed E-state index contributed by atoms with van der Waals surface area (Å²) >= 11 is 5.19. The molecule has 2 rings (SSSR count). The number of nitrogens with zero attached hydrogens (tertiary/aromatic N) is 1. The molecular formula is C12H14N2O3S. The molecule has 1 heterocycles. The van der Waals surface area contributed by atoms with Crippen molar-refractivity contribution in [2.45, 2.75) is 13.5 Å². The topological polar surface area (TPSA) is 56.2 Å². The fourth-order valence-electron chi connectivity index (χ4n) is 1.75. The monoisotopic (exact) mass is 266 g/mol. The van der Waals surface area contributed by atoms with E-state index in [-0.39, 0.29) is 12.5 Å². The summed E-state index contributed by atoms with van der Waals surface area (Å²) in [4.78, 5) is 14.6. The molecule has 0 saturated heterocycles. The van der Waals surface area contributed by atoms with Gasteiger partial charge in [-0.3, -0.25) is 4.79 Å². The minimum absolute atomic E-state index is 0.0971. The smallest absolute Gasteiger partial charge is 0.326 e. The lowest BCUT2D eigenvalue weighted by atomic mass is 10.3. The van der Waals surface area contributed by atoms with Crippen LogP contribution in [0, 0.1) is 4.77 Å². The number of ether oxygens (including phenoxy) is 2. The zero-order valence-electron chi connectivity index (χ0n) is 10.2. The fourth-order valence-corrected chi connectivity index (χ4v) is 2.03. The lowest BCUT2D eigenvalue weighted by molar-refractivity contribution is -0.143. The second-order valence-electron chi connectivity index (χ2n) is 3.70. The highest BCUT2D eigenvalue weighted by Gasteiger charge is 2.10. The van der Waals surface area contributed by atoms with Crippen LogP contribution in [0.2, 0.25) is 0 Å². The zero-order chi connectivity index (χ0) is 13.1. The molecule has 0 unspecified atom stereocenters. The highest BCUT2D eigenvalue weighted by Crippen LogP contribution is 2.20. The number of benzene rings is 1. The van der Waals surface area contributed by atoms with Crippen molar-refractivity contribution in [2.75, 3.05) is 13.7 Å². The van der Waals surface area contributed by atoms with Crippen molar-refractivity contribution in [1.82, 2.24) is 9.55 Å². The molecule has 1 N–H and O–H groups in total. The number of esters is 1. The average molecular weight is 266 g/mol. The van der Waals surface area contributed by atoms with E-state index in [1.807, 2.05) is 18.2 Å². The standard InChI is InChI=1S/C12H14N2O3S/c1-3-17-11(15)7-14-10-6-8(16-2)4-5-9(10)13-12(14)18/h4-6H,3,7H2,1-2H3,(H,13,18). The third kappa shape index (κ3) is 2.38. The largest absolute Gasteiger partial charge is 0.497 e. The SMILES string of the molecule is CCOC(=O)Cn1c(=S)[nH]c2ccc(OC)cc21. The van der Waals surface area contributed by atoms with Gasteiger partial charge in [0.05, 0.1) is 24.8 Å². The summed E-state index contributed by atoms with van der Waals surface area (Å²) in [5, 5.41) is 0. The maximum atomic E-state index is 11.5. The number of hydrogen-bond acceptors (Lipinski definition) is 4. The first-order valence-electron chi connectivity index (χ1n) is 5.58. The van der Waals surface area contributed by atoms with E-state index < -0.39 is 0 Å². The molecule has 0 fully saturated rings. The van der Waals surface area contributed by atoms with Crippen LogP contribution >= 0.6 is 12.2 Å². The van der Waals surface area contributed by atoms with Crippen LogP contribution in [0.3, 0.4) is 0 Å². The Bertz CT molecular complexity index is 630. The summed E-state index contributed by atoms with van der Waals surface area (Å²) in [6.45, 7) is 2.23. The Morgan fingerprint density at radius 3 is 2.94 bits per heavy atom. The second-order valence-corrected chi connectivity index (χ2v) is 4.09. The minimum Gasteiger partial charge on any atom is -0.497 e. The summed E-state index contributed by atoms with van der Waals surface area (Å²) in [6, 6.07) is 5.54. The Morgan fingerprint density at radius 1 is 1.50 bits per heavy atom. The molecule has 18 heavy (non-hydrogen) atoms. The van der Waals surface area contributed by atoms with Gasteiger partial charge < -0.3 is 19.0 Å². The number of aromatic nitrogens is 2. The van der Waals surface area contributed by atoms with E-state index in [9.17, 15) is 4.79 Å². The molecule has 0 saturated carbocycles. The lowest BCUT2D eigenvalue weighted by Crippen LogP contribution is -2.13. The van der Waals surface area contributed by atoms with Crippen molar-refractivity contribution in [2.24, 2.45) is 0 Å². The van der Waals surface area contributed by atoms with Gasteiger partial charge >= 0.3 is 5.97 Å². The van der Waals surface area contributed by atoms with Gasteiger partial charge in [0.1, 0.15) is 12.3 Å². The Hall–Kier alpha value is -1.82. The number of nitrogens with one attached hydrogen (secondary N) is 1. The Morgan fingerprint density at radius 2 is 2.28 bits per heavy atom. The first-order chi connectivity index (χ1) is 8.65. The summed E-state index contributed by atoms with van der Waals surface area (Å²) < 4.78 is 12.3. The molecule has 0 aliphatic rings. The Kier molecular flexibility index (Phi) is 3.66. The van der Waals surface area contributed by atoms with Gasteiger partial charge in [0.15, 0.2) is 4.77 Å². The third-order valence-corrected chi connectivity index (χ3v) is 2.90. The highest BCUT2D eigenvalue weighted by atomic mass is 32.1. The normalized spacial score (nSPS) is 10.6. The molecule has 1 aromatic carbocycles. The Balaban J connectivity index is 2.45. The predicted molar refractivity (Wildman–Crippen MR) is 70.3 cm³/mol. The number of carbonyl (C=O) groups is 1. The van der Waals surface area contributed by atoms with Crippen LogP contribution in [0.1, 0.15) is 6.92 Å². The highest BCUT2D eigenvalue weighted by molar-refractivity contribution is 7.71. The van der Waals surface area contributed by atoms with E-state index in [1.54, 1.807) is 18.6 Å². The van der Waals surface area contributed by atoms with Gasteiger partial charge in [-0.15, -0.1) is 0 Å². The molecule has 0 amide bonds. The average Bonchev–Trinajstić information content (AvgIpc) is 2.65. The maximum absolute atomic E-state index is 11.5. The first-order valence-corrected chi connectivity index (χ1v) is 5.98. The van der Waals surface area contributed by atoms with Gasteiger partial charge in [0.25, 0.3) is 0 Å². The molecule has 0 atom stereocenters. The molecule has 0 spiro atoms. The van der Waals surface area contributed by atoms with E-state index in [0.717, 1.165) is 11.0 Å². The predicted octanol–water partition coefficient (Wildman–Crippen LogP) is 2.27. The van der Waals surface area contributed by atoms with Gasteiger partial charge in [-0.05, 0) is 31.3 Å². The van der Waals surface area contributed by atoms with Gasteiger partial charge in [-0.2, -0.15) is 0 Å². The van der Waals surface area contributed by atoms with Crippen LogP contribution in [-0.2, 0) is 16.1 Å². The molecule has 0 radical (unpaired) electrons. The molecule has 2 aromatic rings. The third-order valence-electron chi connectivity index (χ3n) is 2.57. The molecular weight excluding hydrogens is 252 g/mol. The fraction of sp³-hybridized carbons (Fsp3) is 0.333. The molecule has 5 nitrogen and oxygen atoms in total. The molecule has 0 aliphatic heterocycles. The van der Waals surface area contributed by atoms with Gasteiger partial charge in [0, 0.05) is 6.07 Å². The molecule has 0 aliphatic carbocycles. The summed E-state index contributed by atoms with van der Waals surface area (Å²) in [5.74, 6) is 0.409. The van der Waals surface area contributed by atoms with Gasteiger partial charge in [-0.25, -0.2) is 0 Å².